The first-order chi connectivity index (χ1) is 15.2. The third-order valence-electron chi connectivity index (χ3n) is 6.19. The SMILES string of the molecule is CCCCCc1ccc(C(=O)N2c3ccccc3[C@@H](Nc3ccccc3)C[C@@H]2C)cc1. The first kappa shape index (κ1) is 21.2. The summed E-state index contributed by atoms with van der Waals surface area (Å²) in [5.41, 5.74) is 5.35. The lowest BCUT2D eigenvalue weighted by Crippen LogP contribution is -2.44. The van der Waals surface area contributed by atoms with Crippen LogP contribution < -0.4 is 10.2 Å². The van der Waals surface area contributed by atoms with Crippen molar-refractivity contribution in [1.29, 1.82) is 0 Å². The molecule has 1 amide bonds. The highest BCUT2D eigenvalue weighted by molar-refractivity contribution is 6.07. The standard InChI is InChI=1S/C28H32N2O/c1-3-4-6-11-22-16-18-23(19-17-22)28(31)30-21(2)20-26(25-14-9-10-15-27(25)30)29-24-12-7-5-8-13-24/h5,7-10,12-19,21,26,29H,3-4,6,11,20H2,1-2H3/t21-,26-/m0/s1. The highest BCUT2D eigenvalue weighted by Crippen LogP contribution is 2.39. The van der Waals surface area contributed by atoms with E-state index in [2.05, 4.69) is 61.6 Å². The van der Waals surface area contributed by atoms with Crippen molar-refractivity contribution in [2.24, 2.45) is 0 Å². The summed E-state index contributed by atoms with van der Waals surface area (Å²) in [5, 5.41) is 3.66. The van der Waals surface area contributed by atoms with Gasteiger partial charge in [-0.25, -0.2) is 0 Å². The number of carbonyl (C=O) groups excluding carboxylic acids is 1. The molecule has 0 aliphatic carbocycles. The zero-order valence-electron chi connectivity index (χ0n) is 18.6. The van der Waals surface area contributed by atoms with Crippen LogP contribution in [0.25, 0.3) is 0 Å². The van der Waals surface area contributed by atoms with E-state index < -0.39 is 0 Å². The summed E-state index contributed by atoms with van der Waals surface area (Å²) in [6.07, 6.45) is 5.63. The van der Waals surface area contributed by atoms with Crippen molar-refractivity contribution >= 4 is 17.3 Å². The van der Waals surface area contributed by atoms with Crippen LogP contribution in [0.5, 0.6) is 0 Å². The van der Waals surface area contributed by atoms with E-state index in [-0.39, 0.29) is 18.0 Å². The Morgan fingerprint density at radius 3 is 2.39 bits per heavy atom. The van der Waals surface area contributed by atoms with Crippen LogP contribution >= 0.6 is 0 Å². The zero-order valence-corrected chi connectivity index (χ0v) is 18.6. The van der Waals surface area contributed by atoms with Crippen molar-refractivity contribution in [3.8, 4) is 0 Å². The number of amides is 1. The molecule has 0 radical (unpaired) electrons. The molecule has 1 aliphatic rings. The van der Waals surface area contributed by atoms with Crippen LogP contribution in [0.1, 0.15) is 67.1 Å². The molecule has 31 heavy (non-hydrogen) atoms. The Labute approximate surface area is 186 Å². The lowest BCUT2D eigenvalue weighted by atomic mass is 9.90. The van der Waals surface area contributed by atoms with Crippen molar-refractivity contribution < 1.29 is 4.79 Å². The maximum Gasteiger partial charge on any atom is 0.258 e. The first-order valence-electron chi connectivity index (χ1n) is 11.5. The molecule has 0 spiro atoms. The summed E-state index contributed by atoms with van der Waals surface area (Å²) >= 11 is 0. The normalized spacial score (nSPS) is 17.8. The Bertz CT molecular complexity index is 997. The van der Waals surface area contributed by atoms with Gasteiger partial charge in [0, 0.05) is 23.0 Å². The molecule has 1 N–H and O–H groups in total. The van der Waals surface area contributed by atoms with Gasteiger partial charge in [-0.1, -0.05) is 68.3 Å². The Kier molecular flexibility index (Phi) is 6.71. The number of fused-ring (bicyclic) bond motifs is 1. The number of unbranched alkanes of at least 4 members (excludes halogenated alkanes) is 2. The number of hydrogen-bond donors (Lipinski definition) is 1. The van der Waals surface area contributed by atoms with Crippen molar-refractivity contribution in [2.75, 3.05) is 10.2 Å². The Morgan fingerprint density at radius 2 is 1.65 bits per heavy atom. The van der Waals surface area contributed by atoms with E-state index in [9.17, 15) is 4.79 Å². The fourth-order valence-corrected chi connectivity index (χ4v) is 4.53. The van der Waals surface area contributed by atoms with E-state index in [1.54, 1.807) is 0 Å². The molecule has 0 fully saturated rings. The topological polar surface area (TPSA) is 32.3 Å². The maximum absolute atomic E-state index is 13.5. The quantitative estimate of drug-likeness (QED) is 0.423. The molecule has 0 saturated heterocycles. The van der Waals surface area contributed by atoms with E-state index in [0.717, 1.165) is 29.8 Å². The molecule has 160 valence electrons. The molecule has 1 heterocycles. The van der Waals surface area contributed by atoms with Crippen LogP contribution in [0.4, 0.5) is 11.4 Å². The number of aryl methyl sites for hydroxylation is 1. The maximum atomic E-state index is 13.5. The minimum absolute atomic E-state index is 0.0817. The molecule has 3 heteroatoms. The molecule has 1 aliphatic heterocycles. The number of nitrogens with one attached hydrogen (secondary N) is 1. The Hall–Kier alpha value is -3.07. The molecule has 3 nitrogen and oxygen atoms in total. The van der Waals surface area contributed by atoms with Crippen LogP contribution in [-0.4, -0.2) is 11.9 Å². The van der Waals surface area contributed by atoms with Crippen LogP contribution in [-0.2, 0) is 6.42 Å². The average molecular weight is 413 g/mol. The number of anilines is 2. The van der Waals surface area contributed by atoms with Gasteiger partial charge in [0.1, 0.15) is 0 Å². The first-order valence-corrected chi connectivity index (χ1v) is 11.5. The highest BCUT2D eigenvalue weighted by atomic mass is 16.2. The fraction of sp³-hybridized carbons (Fsp3) is 0.321. The molecule has 3 aromatic carbocycles. The summed E-state index contributed by atoms with van der Waals surface area (Å²) in [4.78, 5) is 15.5. The summed E-state index contributed by atoms with van der Waals surface area (Å²) < 4.78 is 0. The van der Waals surface area contributed by atoms with Gasteiger partial charge >= 0.3 is 0 Å². The number of para-hydroxylation sites is 2. The van der Waals surface area contributed by atoms with Crippen LogP contribution in [0.15, 0.2) is 78.9 Å². The molecule has 0 aromatic heterocycles. The van der Waals surface area contributed by atoms with Gasteiger partial charge in [0.2, 0.25) is 0 Å². The molecule has 4 rings (SSSR count). The second-order valence-corrected chi connectivity index (χ2v) is 8.54. The van der Waals surface area contributed by atoms with E-state index >= 15 is 0 Å². The van der Waals surface area contributed by atoms with Gasteiger partial charge in [-0.15, -0.1) is 0 Å². The van der Waals surface area contributed by atoms with Gasteiger partial charge in [0.15, 0.2) is 0 Å². The number of benzene rings is 3. The van der Waals surface area contributed by atoms with E-state index in [0.29, 0.717) is 0 Å². The van der Waals surface area contributed by atoms with Crippen molar-refractivity contribution in [1.82, 2.24) is 0 Å². The van der Waals surface area contributed by atoms with Crippen LogP contribution in [0, 0.1) is 0 Å². The molecule has 0 saturated carbocycles. The van der Waals surface area contributed by atoms with Gasteiger partial charge in [0.25, 0.3) is 5.91 Å². The van der Waals surface area contributed by atoms with E-state index in [4.69, 9.17) is 0 Å². The van der Waals surface area contributed by atoms with Gasteiger partial charge in [0.05, 0.1) is 6.04 Å². The minimum atomic E-state index is 0.0817. The number of rotatable bonds is 7. The number of nitrogens with zero attached hydrogens (tertiary/aromatic N) is 1. The zero-order chi connectivity index (χ0) is 21.6. The highest BCUT2D eigenvalue weighted by Gasteiger charge is 2.34. The van der Waals surface area contributed by atoms with Crippen LogP contribution in [0.2, 0.25) is 0 Å². The molecule has 3 aromatic rings. The third-order valence-corrected chi connectivity index (χ3v) is 6.19. The predicted octanol–water partition coefficient (Wildman–Crippen LogP) is 7.01. The van der Waals surface area contributed by atoms with Crippen molar-refractivity contribution in [3.05, 3.63) is 95.6 Å². The average Bonchev–Trinajstić information content (AvgIpc) is 2.80. The summed E-state index contributed by atoms with van der Waals surface area (Å²) in [6.45, 7) is 4.37. The lowest BCUT2D eigenvalue weighted by Gasteiger charge is -2.40. The lowest BCUT2D eigenvalue weighted by molar-refractivity contribution is 0.0974. The molecule has 2 atom stereocenters. The van der Waals surface area contributed by atoms with Gasteiger partial charge in [-0.2, -0.15) is 0 Å². The Morgan fingerprint density at radius 1 is 0.935 bits per heavy atom. The summed E-state index contributed by atoms with van der Waals surface area (Å²) in [6, 6.07) is 27.1. The molecule has 0 unspecified atom stereocenters. The molecule has 0 bridgehead atoms. The largest absolute Gasteiger partial charge is 0.378 e. The predicted molar refractivity (Wildman–Crippen MR) is 130 cm³/mol. The van der Waals surface area contributed by atoms with Gasteiger partial charge in [-0.05, 0) is 67.6 Å². The second-order valence-electron chi connectivity index (χ2n) is 8.54. The van der Waals surface area contributed by atoms with Crippen molar-refractivity contribution in [2.45, 2.75) is 58.0 Å². The third kappa shape index (κ3) is 4.82. The van der Waals surface area contributed by atoms with E-state index in [1.807, 2.05) is 41.3 Å². The van der Waals surface area contributed by atoms with E-state index in [1.165, 1.54) is 30.4 Å². The monoisotopic (exact) mass is 412 g/mol. The summed E-state index contributed by atoms with van der Waals surface area (Å²) in [5.74, 6) is 0.0817. The molecular formula is C28H32N2O. The van der Waals surface area contributed by atoms with Gasteiger partial charge < -0.3 is 10.2 Å². The fourth-order valence-electron chi connectivity index (χ4n) is 4.53. The Balaban J connectivity index is 1.56. The number of carbonyl (C=O) groups is 1. The second kappa shape index (κ2) is 9.82. The number of hydrogen-bond acceptors (Lipinski definition) is 2. The molecular weight excluding hydrogens is 380 g/mol. The summed E-state index contributed by atoms with van der Waals surface area (Å²) in [7, 11) is 0. The smallest absolute Gasteiger partial charge is 0.258 e. The van der Waals surface area contributed by atoms with Crippen LogP contribution in [0.3, 0.4) is 0 Å². The van der Waals surface area contributed by atoms with Gasteiger partial charge in [-0.3, -0.25) is 4.79 Å². The van der Waals surface area contributed by atoms with Crippen molar-refractivity contribution in [3.63, 3.8) is 0 Å². The minimum Gasteiger partial charge on any atom is -0.378 e.